The van der Waals surface area contributed by atoms with Gasteiger partial charge < -0.3 is 38.3 Å². The Bertz CT molecular complexity index is 1020. The molecule has 0 spiro atoms. The molecule has 0 aliphatic heterocycles. The van der Waals surface area contributed by atoms with Crippen molar-refractivity contribution < 1.29 is 105 Å². The van der Waals surface area contributed by atoms with Crippen molar-refractivity contribution in [1.29, 1.82) is 0 Å². The Balaban J connectivity index is 4.48. The van der Waals surface area contributed by atoms with Crippen molar-refractivity contribution in [2.24, 2.45) is 11.8 Å². The van der Waals surface area contributed by atoms with Crippen LogP contribution >= 0.6 is 0 Å². The van der Waals surface area contributed by atoms with Gasteiger partial charge in [-0.1, -0.05) is 13.8 Å². The largest absolute Gasteiger partial charge is 0.463 e. The lowest BCUT2D eigenvalue weighted by Crippen LogP contribution is -2.70. The second kappa shape index (κ2) is 22.9. The van der Waals surface area contributed by atoms with E-state index in [0.717, 1.165) is 0 Å². The molecule has 52 heavy (non-hydrogen) atoms. The van der Waals surface area contributed by atoms with Crippen molar-refractivity contribution >= 4 is 11.9 Å². The van der Waals surface area contributed by atoms with Crippen LogP contribution in [0.2, 0.25) is 0 Å². The molecule has 0 bridgehead atoms. The van der Waals surface area contributed by atoms with E-state index in [9.17, 15) is 66.7 Å². The van der Waals surface area contributed by atoms with Crippen LogP contribution in [0.3, 0.4) is 0 Å². The normalized spacial score (nSPS) is 14.7. The molecule has 0 aromatic heterocycles. The van der Waals surface area contributed by atoms with E-state index >= 15 is 0 Å². The summed E-state index contributed by atoms with van der Waals surface area (Å²) in [5.41, 5.74) is 0. The highest BCUT2D eigenvalue weighted by atomic mass is 19.4. The smallest absolute Gasteiger partial charge is 0.460 e. The molecular weight excluding hydrogens is 755 g/mol. The predicted molar refractivity (Wildman–Crippen MR) is 151 cm³/mol. The van der Waals surface area contributed by atoms with E-state index in [1.54, 1.807) is 0 Å². The fourth-order valence-corrected chi connectivity index (χ4v) is 3.76. The topological polar surface area (TPSA) is 119 Å². The summed E-state index contributed by atoms with van der Waals surface area (Å²) in [5, 5.41) is 8.62. The average Bonchev–Trinajstić information content (AvgIpc) is 3.05. The second-order valence-electron chi connectivity index (χ2n) is 11.0. The van der Waals surface area contributed by atoms with Gasteiger partial charge in [0, 0.05) is 26.4 Å². The number of esters is 2. The molecule has 0 aliphatic rings. The molecule has 23 heteroatoms. The fourth-order valence-electron chi connectivity index (χ4n) is 3.76. The number of ether oxygens (including phenoxy) is 7. The molecule has 0 aromatic rings. The van der Waals surface area contributed by atoms with Crippen molar-refractivity contribution in [2.45, 2.75) is 75.3 Å². The van der Waals surface area contributed by atoms with Gasteiger partial charge in [-0.25, -0.2) is 0 Å². The number of rotatable bonds is 30. The van der Waals surface area contributed by atoms with Crippen LogP contribution in [0.5, 0.6) is 0 Å². The third kappa shape index (κ3) is 14.9. The molecule has 0 amide bonds. The Morgan fingerprint density at radius 3 is 1.38 bits per heavy atom. The van der Waals surface area contributed by atoms with Gasteiger partial charge in [-0.2, -0.15) is 57.1 Å². The SMILES string of the molecule is CCC(CC(C)C(=O)OCCOCCOCCOCCOCCCOCCCO)C(=O)OCC(F)(F)C(F)(F)C(F)(F)C(F)(F)C(F)(F)C(F)(F)F. The second-order valence-corrected chi connectivity index (χ2v) is 11.0. The van der Waals surface area contributed by atoms with Crippen LogP contribution in [0.1, 0.15) is 39.5 Å². The van der Waals surface area contributed by atoms with Crippen LogP contribution < -0.4 is 0 Å². The summed E-state index contributed by atoms with van der Waals surface area (Å²) in [6, 6.07) is 0. The first-order chi connectivity index (χ1) is 24.0. The van der Waals surface area contributed by atoms with Crippen molar-refractivity contribution in [3.05, 3.63) is 0 Å². The maximum atomic E-state index is 14.0. The molecule has 2 unspecified atom stereocenters. The molecule has 10 nitrogen and oxygen atoms in total. The number of aliphatic hydroxyl groups excluding tert-OH is 1. The Labute approximate surface area is 290 Å². The number of carbonyl (C=O) groups excluding carboxylic acids is 2. The summed E-state index contributed by atoms with van der Waals surface area (Å²) in [5.74, 6) is -43.6. The van der Waals surface area contributed by atoms with Gasteiger partial charge in [0.2, 0.25) is 0 Å². The molecular formula is C29H43F13O10. The first-order valence-corrected chi connectivity index (χ1v) is 15.7. The molecule has 310 valence electrons. The summed E-state index contributed by atoms with van der Waals surface area (Å²) in [6.07, 6.45) is -7.15. The third-order valence-corrected chi connectivity index (χ3v) is 6.87. The van der Waals surface area contributed by atoms with Gasteiger partial charge in [0.15, 0.2) is 6.61 Å². The summed E-state index contributed by atoms with van der Waals surface area (Å²) in [6.45, 7) is 1.96. The highest BCUT2D eigenvalue weighted by Gasteiger charge is 2.90. The Hall–Kier alpha value is -2.21. The lowest BCUT2D eigenvalue weighted by Gasteiger charge is -2.39. The van der Waals surface area contributed by atoms with E-state index in [1.165, 1.54) is 13.8 Å². The Kier molecular flexibility index (Phi) is 21.9. The molecule has 0 heterocycles. The maximum absolute atomic E-state index is 14.0. The molecule has 0 saturated carbocycles. The van der Waals surface area contributed by atoms with Gasteiger partial charge >= 0.3 is 47.7 Å². The zero-order valence-electron chi connectivity index (χ0n) is 28.2. The number of hydrogen-bond acceptors (Lipinski definition) is 10. The highest BCUT2D eigenvalue weighted by molar-refractivity contribution is 5.75. The van der Waals surface area contributed by atoms with E-state index < -0.39 is 72.6 Å². The molecule has 0 rings (SSSR count). The number of carbonyl (C=O) groups is 2. The first-order valence-electron chi connectivity index (χ1n) is 15.7. The van der Waals surface area contributed by atoms with Crippen molar-refractivity contribution in [3.8, 4) is 0 Å². The highest BCUT2D eigenvalue weighted by Crippen LogP contribution is 2.60. The van der Waals surface area contributed by atoms with Gasteiger partial charge in [0.05, 0.1) is 58.1 Å². The van der Waals surface area contributed by atoms with Gasteiger partial charge in [0.1, 0.15) is 6.61 Å². The van der Waals surface area contributed by atoms with E-state index in [1.807, 2.05) is 0 Å². The number of hydrogen-bond donors (Lipinski definition) is 1. The van der Waals surface area contributed by atoms with Gasteiger partial charge in [0.25, 0.3) is 0 Å². The van der Waals surface area contributed by atoms with Crippen molar-refractivity contribution in [2.75, 3.05) is 85.9 Å². The minimum Gasteiger partial charge on any atom is -0.463 e. The Morgan fingerprint density at radius 2 is 0.942 bits per heavy atom. The first kappa shape index (κ1) is 49.8. The van der Waals surface area contributed by atoms with E-state index in [0.29, 0.717) is 45.9 Å². The van der Waals surface area contributed by atoms with Crippen LogP contribution in [0, 0.1) is 11.8 Å². The summed E-state index contributed by atoms with van der Waals surface area (Å²) in [4.78, 5) is 24.4. The summed E-state index contributed by atoms with van der Waals surface area (Å²) in [7, 11) is 0. The van der Waals surface area contributed by atoms with E-state index in [2.05, 4.69) is 4.74 Å². The van der Waals surface area contributed by atoms with Crippen LogP contribution in [-0.2, 0) is 42.7 Å². The predicted octanol–water partition coefficient (Wildman–Crippen LogP) is 5.72. The Morgan fingerprint density at radius 1 is 0.538 bits per heavy atom. The zero-order chi connectivity index (χ0) is 40.3. The number of halogens is 13. The van der Waals surface area contributed by atoms with Crippen LogP contribution in [-0.4, -0.2) is 139 Å². The zero-order valence-corrected chi connectivity index (χ0v) is 28.2. The fraction of sp³-hybridized carbons (Fsp3) is 0.931. The van der Waals surface area contributed by atoms with Gasteiger partial charge in [-0.3, -0.25) is 9.59 Å². The lowest BCUT2D eigenvalue weighted by molar-refractivity contribution is -0.441. The third-order valence-electron chi connectivity index (χ3n) is 6.87. The minimum absolute atomic E-state index is 0.0726. The molecule has 2 atom stereocenters. The van der Waals surface area contributed by atoms with E-state index in [-0.39, 0.29) is 52.7 Å². The summed E-state index contributed by atoms with van der Waals surface area (Å²) < 4.78 is 207. The quantitative estimate of drug-likeness (QED) is 0.0550. The molecule has 0 radical (unpaired) electrons. The van der Waals surface area contributed by atoms with Crippen molar-refractivity contribution in [3.63, 3.8) is 0 Å². The summed E-state index contributed by atoms with van der Waals surface area (Å²) >= 11 is 0. The maximum Gasteiger partial charge on any atom is 0.460 e. The average molecular weight is 799 g/mol. The van der Waals surface area contributed by atoms with Gasteiger partial charge in [-0.05, 0) is 25.7 Å². The number of alkyl halides is 13. The minimum atomic E-state index is -8.07. The standard InChI is InChI=1S/C29H43F13O10/c1-3-21(23(45)52-19-24(30,31)25(32,33)26(34,35)27(36,37)28(38,39)29(40,41)42)18-20(2)22(44)51-17-16-50-15-14-49-13-12-48-11-10-47-9-5-8-46-7-4-6-43/h20-21,43H,3-19H2,1-2H3. The molecule has 1 N–H and O–H groups in total. The van der Waals surface area contributed by atoms with Crippen LogP contribution in [0.25, 0.3) is 0 Å². The van der Waals surface area contributed by atoms with Crippen molar-refractivity contribution in [1.82, 2.24) is 0 Å². The molecule has 0 saturated heterocycles. The van der Waals surface area contributed by atoms with Gasteiger partial charge in [-0.15, -0.1) is 0 Å². The number of aliphatic hydroxyl groups is 1. The molecule has 0 aliphatic carbocycles. The molecule has 0 aromatic carbocycles. The van der Waals surface area contributed by atoms with E-state index in [4.69, 9.17) is 33.5 Å². The molecule has 0 fully saturated rings. The van der Waals surface area contributed by atoms with Crippen LogP contribution in [0.4, 0.5) is 57.1 Å². The lowest BCUT2D eigenvalue weighted by atomic mass is 9.93. The van der Waals surface area contributed by atoms with Crippen LogP contribution in [0.15, 0.2) is 0 Å². The monoisotopic (exact) mass is 798 g/mol.